The Morgan fingerprint density at radius 3 is 2.48 bits per heavy atom. The number of halogens is 1. The number of anilines is 1. The maximum absolute atomic E-state index is 14.3. The van der Waals surface area contributed by atoms with E-state index in [4.69, 9.17) is 10.5 Å². The summed E-state index contributed by atoms with van der Waals surface area (Å²) in [4.78, 5) is 29.0. The highest BCUT2D eigenvalue weighted by atomic mass is 19.1. The number of phenols is 1. The molecule has 0 aliphatic rings. The fraction of sp³-hybridized carbons (Fsp3) is 0.240. The first-order valence-corrected chi connectivity index (χ1v) is 10.3. The molecule has 7 nitrogen and oxygen atoms in total. The number of amides is 1. The van der Waals surface area contributed by atoms with Crippen LogP contribution in [0.25, 0.3) is 11.3 Å². The van der Waals surface area contributed by atoms with E-state index in [2.05, 4.69) is 10.3 Å². The first-order chi connectivity index (χ1) is 15.4. The molecule has 0 unspecified atom stereocenters. The maximum Gasteiger partial charge on any atom is 0.407 e. The van der Waals surface area contributed by atoms with Crippen LogP contribution in [-0.4, -0.2) is 27.6 Å². The predicted octanol–water partition coefficient (Wildman–Crippen LogP) is 4.74. The van der Waals surface area contributed by atoms with E-state index in [0.717, 1.165) is 0 Å². The lowest BCUT2D eigenvalue weighted by Crippen LogP contribution is -2.32. The van der Waals surface area contributed by atoms with Gasteiger partial charge in [0.15, 0.2) is 5.78 Å². The minimum absolute atomic E-state index is 0.0618. The van der Waals surface area contributed by atoms with E-state index in [1.54, 1.807) is 45.9 Å². The lowest BCUT2D eigenvalue weighted by atomic mass is 9.98. The fourth-order valence-corrected chi connectivity index (χ4v) is 3.13. The molecule has 172 valence electrons. The van der Waals surface area contributed by atoms with E-state index < -0.39 is 23.3 Å². The SMILES string of the molecule is Cc1ccc(C(=O)c2ccc(O)c(-c3ccc(CNC(=O)OC(C)(C)C)c(N)n3)c2)c(F)c1. The number of pyridine rings is 1. The van der Waals surface area contributed by atoms with Crippen molar-refractivity contribution < 1.29 is 23.8 Å². The molecule has 0 aliphatic carbocycles. The number of nitrogens with one attached hydrogen (secondary N) is 1. The van der Waals surface area contributed by atoms with Crippen molar-refractivity contribution in [3.05, 3.63) is 76.6 Å². The number of carbonyl (C=O) groups is 2. The van der Waals surface area contributed by atoms with Crippen molar-refractivity contribution in [1.29, 1.82) is 0 Å². The molecule has 33 heavy (non-hydrogen) atoms. The third kappa shape index (κ3) is 5.85. The number of benzene rings is 2. The van der Waals surface area contributed by atoms with Crippen LogP contribution in [0.5, 0.6) is 5.75 Å². The van der Waals surface area contributed by atoms with E-state index in [1.165, 1.54) is 30.3 Å². The van der Waals surface area contributed by atoms with Gasteiger partial charge in [0.25, 0.3) is 0 Å². The molecule has 8 heteroatoms. The Hall–Kier alpha value is -3.94. The van der Waals surface area contributed by atoms with E-state index >= 15 is 0 Å². The summed E-state index contributed by atoms with van der Waals surface area (Å²) in [5.74, 6) is -1.09. The minimum Gasteiger partial charge on any atom is -0.507 e. The third-order valence-electron chi connectivity index (χ3n) is 4.74. The molecule has 3 rings (SSSR count). The number of aryl methyl sites for hydroxylation is 1. The van der Waals surface area contributed by atoms with Crippen LogP contribution in [0.15, 0.2) is 48.5 Å². The second-order valence-electron chi connectivity index (χ2n) is 8.64. The monoisotopic (exact) mass is 451 g/mol. The zero-order valence-electron chi connectivity index (χ0n) is 18.9. The first-order valence-electron chi connectivity index (χ1n) is 10.3. The smallest absolute Gasteiger partial charge is 0.407 e. The van der Waals surface area contributed by atoms with E-state index in [-0.39, 0.29) is 34.8 Å². The average Bonchev–Trinajstić information content (AvgIpc) is 2.71. The van der Waals surface area contributed by atoms with Gasteiger partial charge in [0, 0.05) is 23.2 Å². The summed E-state index contributed by atoms with van der Waals surface area (Å²) in [5.41, 5.74) is 7.41. The van der Waals surface area contributed by atoms with Crippen molar-refractivity contribution >= 4 is 17.7 Å². The van der Waals surface area contributed by atoms with Crippen molar-refractivity contribution in [2.75, 3.05) is 5.73 Å². The number of ketones is 1. The summed E-state index contributed by atoms with van der Waals surface area (Å²) in [6, 6.07) is 11.9. The molecular formula is C25H26FN3O4. The number of alkyl carbamates (subject to hydrolysis) is 1. The summed E-state index contributed by atoms with van der Waals surface area (Å²) in [6.07, 6.45) is -0.585. The largest absolute Gasteiger partial charge is 0.507 e. The summed E-state index contributed by atoms with van der Waals surface area (Å²) >= 11 is 0. The molecule has 0 saturated carbocycles. The Balaban J connectivity index is 1.84. The first kappa shape index (κ1) is 23.7. The van der Waals surface area contributed by atoms with Crippen LogP contribution >= 0.6 is 0 Å². The van der Waals surface area contributed by atoms with Crippen LogP contribution in [0.2, 0.25) is 0 Å². The lowest BCUT2D eigenvalue weighted by molar-refractivity contribution is 0.0523. The zero-order chi connectivity index (χ0) is 24.3. The highest BCUT2D eigenvalue weighted by molar-refractivity contribution is 6.10. The van der Waals surface area contributed by atoms with Gasteiger partial charge in [-0.1, -0.05) is 12.1 Å². The van der Waals surface area contributed by atoms with Gasteiger partial charge in [0.2, 0.25) is 0 Å². The van der Waals surface area contributed by atoms with Crippen LogP contribution in [0.3, 0.4) is 0 Å². The molecule has 4 N–H and O–H groups in total. The van der Waals surface area contributed by atoms with E-state index in [9.17, 15) is 19.1 Å². The topological polar surface area (TPSA) is 115 Å². The number of ether oxygens (including phenoxy) is 1. The minimum atomic E-state index is -0.626. The third-order valence-corrected chi connectivity index (χ3v) is 4.74. The number of nitrogen functional groups attached to an aromatic ring is 1. The van der Waals surface area contributed by atoms with Crippen molar-refractivity contribution in [3.63, 3.8) is 0 Å². The molecule has 0 atom stereocenters. The quantitative estimate of drug-likeness (QED) is 0.483. The number of rotatable bonds is 5. The van der Waals surface area contributed by atoms with Gasteiger partial charge in [-0.2, -0.15) is 0 Å². The van der Waals surface area contributed by atoms with Crippen molar-refractivity contribution in [2.24, 2.45) is 0 Å². The number of aromatic nitrogens is 1. The van der Waals surface area contributed by atoms with Gasteiger partial charge < -0.3 is 20.9 Å². The molecular weight excluding hydrogens is 425 g/mol. The highest BCUT2D eigenvalue weighted by Crippen LogP contribution is 2.31. The van der Waals surface area contributed by atoms with Gasteiger partial charge in [-0.3, -0.25) is 4.79 Å². The van der Waals surface area contributed by atoms with Gasteiger partial charge in [0.05, 0.1) is 11.3 Å². The molecule has 3 aromatic rings. The number of carbonyl (C=O) groups excluding carboxylic acids is 2. The lowest BCUT2D eigenvalue weighted by Gasteiger charge is -2.19. The van der Waals surface area contributed by atoms with Gasteiger partial charge >= 0.3 is 6.09 Å². The molecule has 0 aliphatic heterocycles. The standard InChI is InChI=1S/C25H26FN3O4/c1-14-5-8-17(19(26)11-14)22(31)15-7-10-21(30)18(12-15)20-9-6-16(23(27)29-20)13-28-24(32)33-25(2,3)4/h5-12,30H,13H2,1-4H3,(H2,27,29)(H,28,32). The molecule has 1 amide bonds. The van der Waals surface area contributed by atoms with Crippen LogP contribution in [0, 0.1) is 12.7 Å². The van der Waals surface area contributed by atoms with E-state index in [1.807, 2.05) is 0 Å². The molecule has 0 spiro atoms. The van der Waals surface area contributed by atoms with Gasteiger partial charge in [-0.05, 0) is 69.7 Å². The molecule has 0 radical (unpaired) electrons. The summed E-state index contributed by atoms with van der Waals surface area (Å²) in [7, 11) is 0. The number of hydrogen-bond donors (Lipinski definition) is 3. The van der Waals surface area contributed by atoms with Crippen LogP contribution in [0.1, 0.15) is 47.8 Å². The number of hydrogen-bond acceptors (Lipinski definition) is 6. The zero-order valence-corrected chi connectivity index (χ0v) is 18.9. The summed E-state index contributed by atoms with van der Waals surface area (Å²) < 4.78 is 19.5. The Kier molecular flexibility index (Phi) is 6.67. The summed E-state index contributed by atoms with van der Waals surface area (Å²) in [6.45, 7) is 7.12. The molecule has 0 saturated heterocycles. The highest BCUT2D eigenvalue weighted by Gasteiger charge is 2.18. The fourth-order valence-electron chi connectivity index (χ4n) is 3.13. The molecule has 1 heterocycles. The van der Waals surface area contributed by atoms with Crippen LogP contribution in [0.4, 0.5) is 15.0 Å². The van der Waals surface area contributed by atoms with Gasteiger partial charge in [0.1, 0.15) is 23.0 Å². The number of nitrogens with zero attached hydrogens (tertiary/aromatic N) is 1. The Bertz CT molecular complexity index is 1220. The Morgan fingerprint density at radius 2 is 1.85 bits per heavy atom. The van der Waals surface area contributed by atoms with Gasteiger partial charge in [-0.25, -0.2) is 14.2 Å². The van der Waals surface area contributed by atoms with Crippen LogP contribution in [-0.2, 0) is 11.3 Å². The van der Waals surface area contributed by atoms with E-state index in [0.29, 0.717) is 16.8 Å². The van der Waals surface area contributed by atoms with Crippen LogP contribution < -0.4 is 11.1 Å². The van der Waals surface area contributed by atoms with Crippen molar-refractivity contribution in [2.45, 2.75) is 39.8 Å². The number of aromatic hydroxyl groups is 1. The number of phenolic OH excluding ortho intramolecular Hbond substituents is 1. The second kappa shape index (κ2) is 9.28. The Labute approximate surface area is 191 Å². The van der Waals surface area contributed by atoms with Crippen molar-refractivity contribution in [1.82, 2.24) is 10.3 Å². The molecule has 2 aromatic carbocycles. The van der Waals surface area contributed by atoms with Crippen molar-refractivity contribution in [3.8, 4) is 17.0 Å². The number of nitrogens with two attached hydrogens (primary N) is 1. The molecule has 1 aromatic heterocycles. The predicted molar refractivity (Wildman–Crippen MR) is 123 cm³/mol. The summed E-state index contributed by atoms with van der Waals surface area (Å²) in [5, 5.41) is 12.9. The van der Waals surface area contributed by atoms with Gasteiger partial charge in [-0.15, -0.1) is 0 Å². The maximum atomic E-state index is 14.3. The molecule has 0 bridgehead atoms. The molecule has 0 fully saturated rings. The average molecular weight is 451 g/mol. The Morgan fingerprint density at radius 1 is 1.12 bits per heavy atom. The second-order valence-corrected chi connectivity index (χ2v) is 8.64. The normalized spacial score (nSPS) is 11.2.